The molecule has 128 valence electrons. The largest absolute Gasteiger partial charge is 0.495 e. The first-order valence-electron chi connectivity index (χ1n) is 8.19. The maximum Gasteiger partial charge on any atom is 0.246 e. The lowest BCUT2D eigenvalue weighted by molar-refractivity contribution is -0.125. The van der Waals surface area contributed by atoms with Crippen LogP contribution in [0.2, 0.25) is 0 Å². The summed E-state index contributed by atoms with van der Waals surface area (Å²) in [6.45, 7) is 8.04. The number of hydrogen-bond acceptors (Lipinski definition) is 5. The Morgan fingerprint density at radius 3 is 2.65 bits per heavy atom. The van der Waals surface area contributed by atoms with Crippen LogP contribution in [0.15, 0.2) is 24.3 Å². The van der Waals surface area contributed by atoms with Crippen molar-refractivity contribution in [2.75, 3.05) is 64.5 Å². The normalized spacial score (nSPS) is 15.5. The van der Waals surface area contributed by atoms with Gasteiger partial charge in [-0.05, 0) is 19.1 Å². The van der Waals surface area contributed by atoms with Gasteiger partial charge in [0.1, 0.15) is 12.4 Å². The van der Waals surface area contributed by atoms with Gasteiger partial charge in [0, 0.05) is 45.9 Å². The molecule has 6 heteroatoms. The molecule has 0 spiro atoms. The minimum absolute atomic E-state index is 0.0421. The van der Waals surface area contributed by atoms with Crippen LogP contribution in [-0.4, -0.2) is 70.4 Å². The van der Waals surface area contributed by atoms with Crippen molar-refractivity contribution in [2.24, 2.45) is 0 Å². The van der Waals surface area contributed by atoms with Gasteiger partial charge in [0.2, 0.25) is 5.91 Å². The van der Waals surface area contributed by atoms with E-state index >= 15 is 0 Å². The Bertz CT molecular complexity index is 488. The fourth-order valence-corrected chi connectivity index (χ4v) is 2.70. The zero-order chi connectivity index (χ0) is 16.5. The predicted octanol–water partition coefficient (Wildman–Crippen LogP) is 0.970. The topological polar surface area (TPSA) is 54.0 Å². The van der Waals surface area contributed by atoms with Gasteiger partial charge in [-0.1, -0.05) is 12.1 Å². The number of amides is 1. The van der Waals surface area contributed by atoms with Crippen LogP contribution in [0.4, 0.5) is 5.69 Å². The molecule has 1 aliphatic rings. The van der Waals surface area contributed by atoms with Crippen molar-refractivity contribution >= 4 is 11.6 Å². The Morgan fingerprint density at radius 2 is 1.96 bits per heavy atom. The van der Waals surface area contributed by atoms with E-state index in [1.807, 2.05) is 25.1 Å². The highest BCUT2D eigenvalue weighted by molar-refractivity contribution is 5.77. The average Bonchev–Trinajstić information content (AvgIpc) is 2.60. The maximum absolute atomic E-state index is 11.5. The van der Waals surface area contributed by atoms with Crippen LogP contribution in [0, 0.1) is 0 Å². The quantitative estimate of drug-likeness (QED) is 0.773. The van der Waals surface area contributed by atoms with E-state index in [4.69, 9.17) is 9.47 Å². The number of nitrogens with zero attached hydrogens (tertiary/aromatic N) is 2. The molecular formula is C17H27N3O3. The first-order valence-corrected chi connectivity index (χ1v) is 8.19. The van der Waals surface area contributed by atoms with E-state index in [1.165, 1.54) is 0 Å². The van der Waals surface area contributed by atoms with Crippen molar-refractivity contribution in [1.29, 1.82) is 0 Å². The number of nitrogens with one attached hydrogen (secondary N) is 1. The van der Waals surface area contributed by atoms with E-state index in [0.717, 1.165) is 44.2 Å². The molecule has 1 saturated heterocycles. The standard InChI is InChI=1S/C17H27N3O3/c1-3-23-14-17(21)18-8-9-19-10-12-20(13-11-19)15-6-4-5-7-16(15)22-2/h4-7H,3,8-14H2,1-2H3,(H,18,21). The highest BCUT2D eigenvalue weighted by atomic mass is 16.5. The monoisotopic (exact) mass is 321 g/mol. The highest BCUT2D eigenvalue weighted by Gasteiger charge is 2.19. The Morgan fingerprint density at radius 1 is 1.22 bits per heavy atom. The zero-order valence-corrected chi connectivity index (χ0v) is 14.1. The van der Waals surface area contributed by atoms with Crippen LogP contribution in [0.1, 0.15) is 6.92 Å². The fourth-order valence-electron chi connectivity index (χ4n) is 2.70. The van der Waals surface area contributed by atoms with Gasteiger partial charge in [-0.2, -0.15) is 0 Å². The molecular weight excluding hydrogens is 294 g/mol. The second-order valence-corrected chi connectivity index (χ2v) is 5.49. The van der Waals surface area contributed by atoms with E-state index < -0.39 is 0 Å². The van der Waals surface area contributed by atoms with Crippen molar-refractivity contribution in [3.8, 4) is 5.75 Å². The van der Waals surface area contributed by atoms with E-state index in [-0.39, 0.29) is 12.5 Å². The summed E-state index contributed by atoms with van der Waals surface area (Å²) >= 11 is 0. The summed E-state index contributed by atoms with van der Waals surface area (Å²) in [5.41, 5.74) is 1.15. The first kappa shape index (κ1) is 17.6. The predicted molar refractivity (Wildman–Crippen MR) is 91.1 cm³/mol. The Balaban J connectivity index is 1.71. The molecule has 1 aromatic carbocycles. The minimum Gasteiger partial charge on any atom is -0.495 e. The summed E-state index contributed by atoms with van der Waals surface area (Å²) in [5, 5.41) is 2.89. The summed E-state index contributed by atoms with van der Waals surface area (Å²) in [5.74, 6) is 0.878. The lowest BCUT2D eigenvalue weighted by Crippen LogP contribution is -2.48. The second-order valence-electron chi connectivity index (χ2n) is 5.49. The Kier molecular flexibility index (Phi) is 7.16. The number of piperazine rings is 1. The van der Waals surface area contributed by atoms with Crippen molar-refractivity contribution in [1.82, 2.24) is 10.2 Å². The SMILES string of the molecule is CCOCC(=O)NCCN1CCN(c2ccccc2OC)CC1. The molecule has 6 nitrogen and oxygen atoms in total. The molecule has 0 bridgehead atoms. The fraction of sp³-hybridized carbons (Fsp3) is 0.588. The van der Waals surface area contributed by atoms with Crippen molar-refractivity contribution in [3.63, 3.8) is 0 Å². The number of anilines is 1. The Hall–Kier alpha value is -1.79. The summed E-state index contributed by atoms with van der Waals surface area (Å²) < 4.78 is 10.5. The molecule has 0 radical (unpaired) electrons. The molecule has 2 rings (SSSR count). The van der Waals surface area contributed by atoms with Crippen LogP contribution >= 0.6 is 0 Å². The lowest BCUT2D eigenvalue weighted by Gasteiger charge is -2.36. The maximum atomic E-state index is 11.5. The van der Waals surface area contributed by atoms with Crippen molar-refractivity contribution < 1.29 is 14.3 Å². The first-order chi connectivity index (χ1) is 11.2. The van der Waals surface area contributed by atoms with Gasteiger partial charge in [0.25, 0.3) is 0 Å². The minimum atomic E-state index is -0.0421. The van der Waals surface area contributed by atoms with Crippen molar-refractivity contribution in [3.05, 3.63) is 24.3 Å². The number of ether oxygens (including phenoxy) is 2. The third kappa shape index (κ3) is 5.41. The summed E-state index contributed by atoms with van der Waals surface area (Å²) in [7, 11) is 1.71. The summed E-state index contributed by atoms with van der Waals surface area (Å²) in [4.78, 5) is 16.2. The summed E-state index contributed by atoms with van der Waals surface area (Å²) in [6, 6.07) is 8.12. The molecule has 1 amide bonds. The average molecular weight is 321 g/mol. The zero-order valence-electron chi connectivity index (χ0n) is 14.1. The van der Waals surface area contributed by atoms with Gasteiger partial charge in [-0.15, -0.1) is 0 Å². The molecule has 0 atom stereocenters. The van der Waals surface area contributed by atoms with Gasteiger partial charge >= 0.3 is 0 Å². The van der Waals surface area contributed by atoms with E-state index in [0.29, 0.717) is 13.2 Å². The van der Waals surface area contributed by atoms with Gasteiger partial charge in [-0.3, -0.25) is 9.69 Å². The smallest absolute Gasteiger partial charge is 0.246 e. The molecule has 0 aromatic heterocycles. The van der Waals surface area contributed by atoms with Gasteiger partial charge in [-0.25, -0.2) is 0 Å². The van der Waals surface area contributed by atoms with Gasteiger partial charge in [0.15, 0.2) is 0 Å². The molecule has 1 aliphatic heterocycles. The van der Waals surface area contributed by atoms with Gasteiger partial charge < -0.3 is 19.7 Å². The number of benzene rings is 1. The molecule has 0 aliphatic carbocycles. The Labute approximate surface area is 138 Å². The number of methoxy groups -OCH3 is 1. The van der Waals surface area contributed by atoms with Crippen LogP contribution in [0.25, 0.3) is 0 Å². The van der Waals surface area contributed by atoms with Gasteiger partial charge in [0.05, 0.1) is 12.8 Å². The van der Waals surface area contributed by atoms with Crippen molar-refractivity contribution in [2.45, 2.75) is 6.92 Å². The number of carbonyl (C=O) groups excluding carboxylic acids is 1. The molecule has 1 N–H and O–H groups in total. The van der Waals surface area contributed by atoms with E-state index in [2.05, 4.69) is 21.2 Å². The molecule has 1 aromatic rings. The molecule has 0 saturated carbocycles. The molecule has 0 unspecified atom stereocenters. The number of rotatable bonds is 8. The molecule has 23 heavy (non-hydrogen) atoms. The van der Waals surface area contributed by atoms with E-state index in [1.54, 1.807) is 7.11 Å². The number of carbonyl (C=O) groups is 1. The van der Waals surface area contributed by atoms with Crippen LogP contribution in [-0.2, 0) is 9.53 Å². The van der Waals surface area contributed by atoms with E-state index in [9.17, 15) is 4.79 Å². The lowest BCUT2D eigenvalue weighted by atomic mass is 10.2. The third-order valence-corrected chi connectivity index (χ3v) is 3.99. The highest BCUT2D eigenvalue weighted by Crippen LogP contribution is 2.28. The third-order valence-electron chi connectivity index (χ3n) is 3.99. The van der Waals surface area contributed by atoms with Crippen LogP contribution in [0.5, 0.6) is 5.75 Å². The second kappa shape index (κ2) is 9.37. The molecule has 1 fully saturated rings. The number of para-hydroxylation sites is 2. The van der Waals surface area contributed by atoms with Crippen LogP contribution < -0.4 is 15.0 Å². The van der Waals surface area contributed by atoms with Crippen LogP contribution in [0.3, 0.4) is 0 Å². The summed E-state index contributed by atoms with van der Waals surface area (Å²) in [6.07, 6.45) is 0. The number of hydrogen-bond donors (Lipinski definition) is 1. The molecule has 1 heterocycles.